The zero-order valence-corrected chi connectivity index (χ0v) is 17.7. The maximum atomic E-state index is 10.7. The zero-order valence-electron chi connectivity index (χ0n) is 15.9. The van der Waals surface area contributed by atoms with Crippen molar-refractivity contribution >= 4 is 19.8 Å². The molecule has 1 N–H and O–H groups in total. The Hall–Kier alpha value is -0.413. The van der Waals surface area contributed by atoms with Crippen LogP contribution in [0.1, 0.15) is 52.7 Å². The molecule has 0 aliphatic rings. The monoisotopic (exact) mass is 338 g/mol. The number of rotatable bonds is 4. The van der Waals surface area contributed by atoms with Gasteiger partial charge in [0.25, 0.3) is 0 Å². The van der Waals surface area contributed by atoms with Crippen LogP contribution in [0.15, 0.2) is 17.0 Å². The van der Waals surface area contributed by atoms with Gasteiger partial charge < -0.3 is 5.11 Å². The summed E-state index contributed by atoms with van der Waals surface area (Å²) in [5.41, 5.74) is 2.05. The minimum atomic E-state index is -0.993. The average molecular weight is 339 g/mol. The quantitative estimate of drug-likeness (QED) is 0.505. The molecular weight excluding hydrogens is 304 g/mol. The van der Waals surface area contributed by atoms with Gasteiger partial charge in [0.2, 0.25) is 0 Å². The van der Waals surface area contributed by atoms with E-state index in [-0.39, 0.29) is 10.8 Å². The summed E-state index contributed by atoms with van der Waals surface area (Å²) in [5.74, 6) is 1.66. The van der Waals surface area contributed by atoms with Gasteiger partial charge in [-0.05, 0) is 34.8 Å². The summed E-state index contributed by atoms with van der Waals surface area (Å²) in [5, 5.41) is 10.7. The lowest BCUT2D eigenvalue weighted by Gasteiger charge is -2.28. The number of phenols is 1. The summed E-state index contributed by atoms with van der Waals surface area (Å²) in [6.07, 6.45) is 0. The van der Waals surface area contributed by atoms with Gasteiger partial charge in [-0.15, -0.1) is 11.8 Å². The molecule has 0 fully saturated rings. The van der Waals surface area contributed by atoms with E-state index in [1.54, 1.807) is 0 Å². The third kappa shape index (κ3) is 5.66. The molecule has 3 heteroatoms. The molecule has 0 saturated heterocycles. The SMILES string of the molecule is CC(C)(C)c1cc(SCC[Si](C)(C)C)cc(C(C)(C)C)c1O. The third-order valence-corrected chi connectivity index (χ3v) is 6.91. The highest BCUT2D eigenvalue weighted by molar-refractivity contribution is 7.99. The molecule has 1 aromatic rings. The molecule has 1 rings (SSSR count). The van der Waals surface area contributed by atoms with E-state index in [1.807, 2.05) is 11.8 Å². The molecular formula is C19H34OSSi. The van der Waals surface area contributed by atoms with Crippen LogP contribution in [0.4, 0.5) is 0 Å². The van der Waals surface area contributed by atoms with Crippen LogP contribution in [-0.2, 0) is 10.8 Å². The average Bonchev–Trinajstić information content (AvgIpc) is 2.26. The molecule has 0 aromatic heterocycles. The van der Waals surface area contributed by atoms with E-state index in [2.05, 4.69) is 73.3 Å². The first-order valence-corrected chi connectivity index (χ1v) is 12.9. The van der Waals surface area contributed by atoms with Crippen molar-refractivity contribution in [1.29, 1.82) is 0 Å². The van der Waals surface area contributed by atoms with Crippen molar-refractivity contribution < 1.29 is 5.11 Å². The van der Waals surface area contributed by atoms with Crippen molar-refractivity contribution in [3.8, 4) is 5.75 Å². The zero-order chi connectivity index (χ0) is 17.3. The summed E-state index contributed by atoms with van der Waals surface area (Å²) in [7, 11) is -0.993. The van der Waals surface area contributed by atoms with Crippen molar-refractivity contribution in [3.05, 3.63) is 23.3 Å². The molecule has 1 nitrogen and oxygen atoms in total. The van der Waals surface area contributed by atoms with Crippen LogP contribution < -0.4 is 0 Å². The van der Waals surface area contributed by atoms with E-state index >= 15 is 0 Å². The predicted molar refractivity (Wildman–Crippen MR) is 104 cm³/mol. The molecule has 0 saturated carbocycles. The van der Waals surface area contributed by atoms with Gasteiger partial charge in [-0.25, -0.2) is 0 Å². The fraction of sp³-hybridized carbons (Fsp3) is 0.684. The van der Waals surface area contributed by atoms with Crippen LogP contribution in [0, 0.1) is 0 Å². The lowest BCUT2D eigenvalue weighted by molar-refractivity contribution is 0.422. The molecule has 0 aliphatic heterocycles. The lowest BCUT2D eigenvalue weighted by Crippen LogP contribution is -2.20. The summed E-state index contributed by atoms with van der Waals surface area (Å²) < 4.78 is 0. The van der Waals surface area contributed by atoms with Gasteiger partial charge in [-0.2, -0.15) is 0 Å². The standard InChI is InChI=1S/C19H34OSSi/c1-18(2,3)15-12-14(21-10-11-22(7,8)9)13-16(17(15)20)19(4,5)6/h12-13,20H,10-11H2,1-9H3. The fourth-order valence-electron chi connectivity index (χ4n) is 2.31. The van der Waals surface area contributed by atoms with E-state index in [4.69, 9.17) is 0 Å². The van der Waals surface area contributed by atoms with Crippen LogP contribution in [0.3, 0.4) is 0 Å². The minimum Gasteiger partial charge on any atom is -0.507 e. The van der Waals surface area contributed by atoms with Gasteiger partial charge in [0.1, 0.15) is 5.75 Å². The van der Waals surface area contributed by atoms with E-state index in [9.17, 15) is 5.11 Å². The highest BCUT2D eigenvalue weighted by Crippen LogP contribution is 2.41. The molecule has 0 unspecified atom stereocenters. The van der Waals surface area contributed by atoms with Crippen LogP contribution in [-0.4, -0.2) is 18.9 Å². The van der Waals surface area contributed by atoms with Crippen LogP contribution >= 0.6 is 11.8 Å². The van der Waals surface area contributed by atoms with Crippen molar-refractivity contribution in [2.24, 2.45) is 0 Å². The molecule has 0 radical (unpaired) electrons. The first-order chi connectivity index (χ1) is 9.72. The number of hydrogen-bond acceptors (Lipinski definition) is 2. The summed E-state index contributed by atoms with van der Waals surface area (Å²) in [4.78, 5) is 1.30. The van der Waals surface area contributed by atoms with Gasteiger partial charge in [-0.3, -0.25) is 0 Å². The molecule has 0 spiro atoms. The number of phenolic OH excluding ortho intramolecular Hbond substituents is 1. The topological polar surface area (TPSA) is 20.2 Å². The number of hydrogen-bond donors (Lipinski definition) is 1. The Morgan fingerprint density at radius 2 is 1.32 bits per heavy atom. The van der Waals surface area contributed by atoms with E-state index in [0.29, 0.717) is 5.75 Å². The van der Waals surface area contributed by atoms with Gasteiger partial charge in [0.05, 0.1) is 0 Å². The minimum absolute atomic E-state index is 0.0422. The Balaban J connectivity index is 3.19. The van der Waals surface area contributed by atoms with E-state index in [0.717, 1.165) is 11.1 Å². The third-order valence-electron chi connectivity index (χ3n) is 3.82. The second kappa shape index (κ2) is 6.60. The van der Waals surface area contributed by atoms with E-state index < -0.39 is 8.07 Å². The maximum absolute atomic E-state index is 10.7. The summed E-state index contributed by atoms with van der Waals surface area (Å²) >= 11 is 1.94. The van der Waals surface area contributed by atoms with Crippen molar-refractivity contribution in [1.82, 2.24) is 0 Å². The van der Waals surface area contributed by atoms with Crippen LogP contribution in [0.5, 0.6) is 5.75 Å². The first kappa shape index (κ1) is 19.6. The second-order valence-corrected chi connectivity index (χ2v) is 16.3. The van der Waals surface area contributed by atoms with Crippen molar-refractivity contribution in [2.75, 3.05) is 5.75 Å². The van der Waals surface area contributed by atoms with Gasteiger partial charge in [-0.1, -0.05) is 61.2 Å². The molecule has 0 atom stereocenters. The highest BCUT2D eigenvalue weighted by Gasteiger charge is 2.26. The maximum Gasteiger partial charge on any atom is 0.123 e. The molecule has 0 amide bonds. The molecule has 0 heterocycles. The van der Waals surface area contributed by atoms with Gasteiger partial charge in [0, 0.05) is 24.1 Å². The Morgan fingerprint density at radius 1 is 0.909 bits per heavy atom. The van der Waals surface area contributed by atoms with Crippen molar-refractivity contribution in [3.63, 3.8) is 0 Å². The molecule has 126 valence electrons. The molecule has 22 heavy (non-hydrogen) atoms. The Bertz CT molecular complexity index is 481. The van der Waals surface area contributed by atoms with Gasteiger partial charge >= 0.3 is 0 Å². The van der Waals surface area contributed by atoms with Gasteiger partial charge in [0.15, 0.2) is 0 Å². The first-order valence-electron chi connectivity index (χ1n) is 8.22. The Morgan fingerprint density at radius 3 is 1.64 bits per heavy atom. The Labute approximate surface area is 142 Å². The van der Waals surface area contributed by atoms with Crippen molar-refractivity contribution in [2.45, 2.75) is 83.0 Å². The summed E-state index contributed by atoms with van der Waals surface area (Å²) in [6.45, 7) is 20.3. The number of aromatic hydroxyl groups is 1. The normalized spacial score (nSPS) is 13.5. The molecule has 0 aliphatic carbocycles. The van der Waals surface area contributed by atoms with Crippen LogP contribution in [0.25, 0.3) is 0 Å². The molecule has 0 bridgehead atoms. The second-order valence-electron chi connectivity index (χ2n) is 9.53. The predicted octanol–water partition coefficient (Wildman–Crippen LogP) is 6.42. The number of benzene rings is 1. The summed E-state index contributed by atoms with van der Waals surface area (Å²) in [6, 6.07) is 5.72. The van der Waals surface area contributed by atoms with Crippen LogP contribution in [0.2, 0.25) is 25.7 Å². The highest BCUT2D eigenvalue weighted by atomic mass is 32.2. The fourth-order valence-corrected chi connectivity index (χ4v) is 5.81. The number of thioether (sulfide) groups is 1. The molecule has 1 aromatic carbocycles. The largest absolute Gasteiger partial charge is 0.507 e. The Kier molecular flexibility index (Phi) is 5.89. The lowest BCUT2D eigenvalue weighted by atomic mass is 9.79. The smallest absolute Gasteiger partial charge is 0.123 e. The van der Waals surface area contributed by atoms with E-state index in [1.165, 1.54) is 16.7 Å².